The van der Waals surface area contributed by atoms with Crippen molar-refractivity contribution in [3.8, 4) is 5.75 Å². The van der Waals surface area contributed by atoms with Gasteiger partial charge in [0.05, 0.1) is 19.4 Å². The fourth-order valence-corrected chi connectivity index (χ4v) is 1.53. The van der Waals surface area contributed by atoms with Gasteiger partial charge in [0.25, 0.3) is 0 Å². The van der Waals surface area contributed by atoms with Crippen LogP contribution in [0.15, 0.2) is 36.5 Å². The maximum atomic E-state index is 8.98. The Hall–Kier alpha value is -2.14. The van der Waals surface area contributed by atoms with Gasteiger partial charge in [-0.25, -0.2) is 9.97 Å². The highest BCUT2D eigenvalue weighted by Crippen LogP contribution is 2.13. The Morgan fingerprint density at radius 1 is 1.33 bits per heavy atom. The van der Waals surface area contributed by atoms with Crippen LogP contribution in [0.1, 0.15) is 11.3 Å². The smallest absolute Gasteiger partial charge is 0.223 e. The predicted molar refractivity (Wildman–Crippen MR) is 68.3 cm³/mol. The molecule has 0 aliphatic rings. The summed E-state index contributed by atoms with van der Waals surface area (Å²) in [5, 5.41) is 12.1. The van der Waals surface area contributed by atoms with Crippen LogP contribution in [0.5, 0.6) is 5.75 Å². The molecule has 0 aliphatic carbocycles. The lowest BCUT2D eigenvalue weighted by molar-refractivity contribution is 0.277. The number of aliphatic hydroxyl groups excluding tert-OH is 1. The summed E-state index contributed by atoms with van der Waals surface area (Å²) in [7, 11) is 1.64. The Balaban J connectivity index is 2.01. The normalized spacial score (nSPS) is 10.1. The summed E-state index contributed by atoms with van der Waals surface area (Å²) in [5.41, 5.74) is 1.67. The Bertz CT molecular complexity index is 470. The highest BCUT2D eigenvalue weighted by Gasteiger charge is 1.99. The van der Waals surface area contributed by atoms with E-state index >= 15 is 0 Å². The third kappa shape index (κ3) is 3.18. The highest BCUT2D eigenvalue weighted by molar-refractivity contribution is 5.32. The zero-order valence-corrected chi connectivity index (χ0v) is 10.1. The molecule has 0 bridgehead atoms. The number of anilines is 1. The topological polar surface area (TPSA) is 67.3 Å². The number of ether oxygens (including phenoxy) is 1. The van der Waals surface area contributed by atoms with Gasteiger partial charge in [-0.3, -0.25) is 0 Å². The molecule has 0 saturated heterocycles. The number of hydrogen-bond donors (Lipinski definition) is 2. The number of methoxy groups -OCH3 is 1. The van der Waals surface area contributed by atoms with Gasteiger partial charge in [0, 0.05) is 12.7 Å². The molecule has 0 spiro atoms. The molecule has 94 valence electrons. The number of aromatic nitrogens is 2. The lowest BCUT2D eigenvalue weighted by Gasteiger charge is -2.07. The molecule has 1 aromatic heterocycles. The highest BCUT2D eigenvalue weighted by atomic mass is 16.5. The number of nitrogens with one attached hydrogen (secondary N) is 1. The van der Waals surface area contributed by atoms with Crippen LogP contribution in [0.4, 0.5) is 5.95 Å². The largest absolute Gasteiger partial charge is 0.497 e. The van der Waals surface area contributed by atoms with E-state index in [0.717, 1.165) is 11.3 Å². The first-order valence-corrected chi connectivity index (χ1v) is 5.61. The molecule has 5 heteroatoms. The second kappa shape index (κ2) is 5.97. The molecule has 1 aromatic carbocycles. The average Bonchev–Trinajstić information content (AvgIpc) is 2.45. The molecular weight excluding hydrogens is 230 g/mol. The van der Waals surface area contributed by atoms with E-state index in [0.29, 0.717) is 18.2 Å². The van der Waals surface area contributed by atoms with E-state index in [1.165, 1.54) is 0 Å². The zero-order chi connectivity index (χ0) is 12.8. The van der Waals surface area contributed by atoms with E-state index in [2.05, 4.69) is 15.3 Å². The summed E-state index contributed by atoms with van der Waals surface area (Å²) in [6.07, 6.45) is 1.62. The lowest BCUT2D eigenvalue weighted by atomic mass is 10.2. The monoisotopic (exact) mass is 245 g/mol. The van der Waals surface area contributed by atoms with Gasteiger partial charge in [-0.15, -0.1) is 0 Å². The first kappa shape index (κ1) is 12.3. The van der Waals surface area contributed by atoms with Crippen molar-refractivity contribution in [2.75, 3.05) is 12.4 Å². The number of benzene rings is 1. The molecular formula is C13H15N3O2. The molecule has 0 unspecified atom stereocenters. The second-order valence-electron chi connectivity index (χ2n) is 3.73. The Morgan fingerprint density at radius 3 is 3.00 bits per heavy atom. The minimum atomic E-state index is -0.0869. The van der Waals surface area contributed by atoms with E-state index in [4.69, 9.17) is 9.84 Å². The fourth-order valence-electron chi connectivity index (χ4n) is 1.53. The van der Waals surface area contributed by atoms with Gasteiger partial charge in [-0.05, 0) is 23.8 Å². The quantitative estimate of drug-likeness (QED) is 0.837. The molecule has 2 rings (SSSR count). The minimum Gasteiger partial charge on any atom is -0.497 e. The van der Waals surface area contributed by atoms with Crippen LogP contribution in [-0.2, 0) is 13.2 Å². The van der Waals surface area contributed by atoms with Gasteiger partial charge in [0.15, 0.2) is 0 Å². The van der Waals surface area contributed by atoms with Crippen molar-refractivity contribution in [3.63, 3.8) is 0 Å². The molecule has 18 heavy (non-hydrogen) atoms. The average molecular weight is 245 g/mol. The van der Waals surface area contributed by atoms with Crippen molar-refractivity contribution in [3.05, 3.63) is 47.8 Å². The van der Waals surface area contributed by atoms with Gasteiger partial charge in [-0.2, -0.15) is 0 Å². The van der Waals surface area contributed by atoms with Crippen LogP contribution in [-0.4, -0.2) is 22.2 Å². The Morgan fingerprint density at radius 2 is 2.22 bits per heavy atom. The van der Waals surface area contributed by atoms with Crippen molar-refractivity contribution in [2.24, 2.45) is 0 Å². The molecule has 2 N–H and O–H groups in total. The summed E-state index contributed by atoms with van der Waals surface area (Å²) in [5.74, 6) is 1.32. The van der Waals surface area contributed by atoms with Gasteiger partial charge >= 0.3 is 0 Å². The molecule has 0 aliphatic heterocycles. The third-order valence-electron chi connectivity index (χ3n) is 2.46. The molecule has 2 aromatic rings. The van der Waals surface area contributed by atoms with Crippen LogP contribution in [0.3, 0.4) is 0 Å². The van der Waals surface area contributed by atoms with Crippen molar-refractivity contribution >= 4 is 5.95 Å². The zero-order valence-electron chi connectivity index (χ0n) is 10.1. The number of hydrogen-bond acceptors (Lipinski definition) is 5. The Kier molecular flexibility index (Phi) is 4.09. The summed E-state index contributed by atoms with van der Waals surface area (Å²) < 4.78 is 5.15. The molecule has 0 amide bonds. The number of nitrogens with zero attached hydrogens (tertiary/aromatic N) is 2. The number of rotatable bonds is 5. The molecule has 0 radical (unpaired) electrons. The molecule has 0 saturated carbocycles. The first-order valence-electron chi connectivity index (χ1n) is 5.61. The van der Waals surface area contributed by atoms with E-state index in [1.54, 1.807) is 19.4 Å². The van der Waals surface area contributed by atoms with Gasteiger partial charge in [0.2, 0.25) is 5.95 Å². The van der Waals surface area contributed by atoms with E-state index < -0.39 is 0 Å². The third-order valence-corrected chi connectivity index (χ3v) is 2.46. The minimum absolute atomic E-state index is 0.0869. The summed E-state index contributed by atoms with van der Waals surface area (Å²) in [6.45, 7) is 0.516. The second-order valence-corrected chi connectivity index (χ2v) is 3.73. The van der Waals surface area contributed by atoms with Crippen LogP contribution in [0.25, 0.3) is 0 Å². The Labute approximate surface area is 105 Å². The van der Waals surface area contributed by atoms with E-state index in [1.807, 2.05) is 24.3 Å². The molecule has 0 atom stereocenters. The van der Waals surface area contributed by atoms with Gasteiger partial charge in [0.1, 0.15) is 5.75 Å². The first-order chi connectivity index (χ1) is 8.81. The van der Waals surface area contributed by atoms with Gasteiger partial charge in [-0.1, -0.05) is 12.1 Å². The van der Waals surface area contributed by atoms with E-state index in [-0.39, 0.29) is 6.61 Å². The van der Waals surface area contributed by atoms with E-state index in [9.17, 15) is 0 Å². The van der Waals surface area contributed by atoms with Crippen molar-refractivity contribution in [1.82, 2.24) is 9.97 Å². The lowest BCUT2D eigenvalue weighted by Crippen LogP contribution is -2.05. The maximum Gasteiger partial charge on any atom is 0.223 e. The van der Waals surface area contributed by atoms with Crippen molar-refractivity contribution in [1.29, 1.82) is 0 Å². The van der Waals surface area contributed by atoms with Crippen LogP contribution >= 0.6 is 0 Å². The summed E-state index contributed by atoms with van der Waals surface area (Å²) >= 11 is 0. The standard InChI is InChI=1S/C13H15N3O2/c1-18-12-4-2-3-10(7-12)8-15-13-14-6-5-11(9-17)16-13/h2-7,17H,8-9H2,1H3,(H,14,15,16). The maximum absolute atomic E-state index is 8.98. The van der Waals surface area contributed by atoms with Crippen molar-refractivity contribution in [2.45, 2.75) is 13.2 Å². The fraction of sp³-hybridized carbons (Fsp3) is 0.231. The van der Waals surface area contributed by atoms with Gasteiger partial charge < -0.3 is 15.2 Å². The molecule has 0 fully saturated rings. The molecule has 5 nitrogen and oxygen atoms in total. The summed E-state index contributed by atoms with van der Waals surface area (Å²) in [4.78, 5) is 8.23. The summed E-state index contributed by atoms with van der Waals surface area (Å²) in [6, 6.07) is 9.44. The predicted octanol–water partition coefficient (Wildman–Crippen LogP) is 1.59. The van der Waals surface area contributed by atoms with Crippen LogP contribution < -0.4 is 10.1 Å². The van der Waals surface area contributed by atoms with Crippen LogP contribution in [0, 0.1) is 0 Å². The van der Waals surface area contributed by atoms with Crippen molar-refractivity contribution < 1.29 is 9.84 Å². The SMILES string of the molecule is COc1cccc(CNc2nccc(CO)n2)c1. The number of aliphatic hydroxyl groups is 1. The molecule has 1 heterocycles. The van der Waals surface area contributed by atoms with Crippen LogP contribution in [0.2, 0.25) is 0 Å².